The molecule has 8 nitrogen and oxygen atoms in total. The molecule has 0 aliphatic rings. The topological polar surface area (TPSA) is 108 Å². The number of non-ortho nitro benzene ring substituents is 1. The first-order valence-corrected chi connectivity index (χ1v) is 7.79. The van der Waals surface area contributed by atoms with E-state index in [-0.39, 0.29) is 22.7 Å². The maximum atomic E-state index is 12.2. The van der Waals surface area contributed by atoms with Crippen molar-refractivity contribution in [1.82, 2.24) is 0 Å². The van der Waals surface area contributed by atoms with Crippen molar-refractivity contribution < 1.29 is 24.0 Å². The molecule has 9 heteroatoms. The summed E-state index contributed by atoms with van der Waals surface area (Å²) in [5.41, 5.74) is 0.249. The Morgan fingerprint density at radius 1 is 1.23 bits per heavy atom. The third-order valence-corrected chi connectivity index (χ3v) is 3.60. The highest BCUT2D eigenvalue weighted by molar-refractivity contribution is 6.30. The normalized spacial score (nSPS) is 11.3. The summed E-state index contributed by atoms with van der Waals surface area (Å²) < 4.78 is 10.1. The van der Waals surface area contributed by atoms with Crippen LogP contribution in [0.1, 0.15) is 17.3 Å². The second-order valence-corrected chi connectivity index (χ2v) is 5.63. The van der Waals surface area contributed by atoms with Gasteiger partial charge in [-0.3, -0.25) is 14.9 Å². The van der Waals surface area contributed by atoms with Crippen molar-refractivity contribution in [3.63, 3.8) is 0 Å². The van der Waals surface area contributed by atoms with Crippen LogP contribution in [0, 0.1) is 10.1 Å². The van der Waals surface area contributed by atoms with Crippen molar-refractivity contribution in [1.29, 1.82) is 0 Å². The van der Waals surface area contributed by atoms with E-state index in [1.807, 2.05) is 0 Å². The van der Waals surface area contributed by atoms with Crippen LogP contribution in [0.25, 0.3) is 0 Å². The molecule has 2 rings (SSSR count). The van der Waals surface area contributed by atoms with Crippen molar-refractivity contribution in [3.8, 4) is 5.75 Å². The van der Waals surface area contributed by atoms with E-state index in [0.717, 1.165) is 0 Å². The molecule has 2 aromatic rings. The molecule has 2 aromatic carbocycles. The number of hydrogen-bond acceptors (Lipinski definition) is 6. The van der Waals surface area contributed by atoms with Gasteiger partial charge >= 0.3 is 5.97 Å². The van der Waals surface area contributed by atoms with E-state index in [1.54, 1.807) is 12.1 Å². The van der Waals surface area contributed by atoms with Crippen LogP contribution in [-0.4, -0.2) is 30.0 Å². The van der Waals surface area contributed by atoms with Gasteiger partial charge in [0.15, 0.2) is 6.10 Å². The summed E-state index contributed by atoms with van der Waals surface area (Å²) in [6.07, 6.45) is -1.11. The van der Waals surface area contributed by atoms with Gasteiger partial charge in [0.2, 0.25) is 0 Å². The van der Waals surface area contributed by atoms with Crippen LogP contribution >= 0.6 is 11.6 Å². The van der Waals surface area contributed by atoms with Crippen LogP contribution in [-0.2, 0) is 9.53 Å². The Morgan fingerprint density at radius 2 is 1.96 bits per heavy atom. The number of nitro benzene ring substituents is 1. The number of benzene rings is 2. The zero-order valence-electron chi connectivity index (χ0n) is 13.9. The summed E-state index contributed by atoms with van der Waals surface area (Å²) in [6.45, 7) is 1.40. The summed E-state index contributed by atoms with van der Waals surface area (Å²) in [5.74, 6) is -1.21. The number of anilines is 1. The number of nitrogens with one attached hydrogen (secondary N) is 1. The quantitative estimate of drug-likeness (QED) is 0.468. The molecule has 0 aliphatic carbocycles. The summed E-state index contributed by atoms with van der Waals surface area (Å²) in [7, 11) is 1.32. The first kappa shape index (κ1) is 19.2. The lowest BCUT2D eigenvalue weighted by molar-refractivity contribution is -0.384. The fraction of sp³-hybridized carbons (Fsp3) is 0.176. The lowest BCUT2D eigenvalue weighted by atomic mass is 10.2. The van der Waals surface area contributed by atoms with E-state index in [2.05, 4.69) is 5.32 Å². The number of ether oxygens (including phenoxy) is 2. The molecule has 0 radical (unpaired) electrons. The van der Waals surface area contributed by atoms with Gasteiger partial charge in [-0.25, -0.2) is 4.79 Å². The van der Waals surface area contributed by atoms with Gasteiger partial charge < -0.3 is 14.8 Å². The summed E-state index contributed by atoms with van der Waals surface area (Å²) >= 11 is 5.81. The van der Waals surface area contributed by atoms with Crippen molar-refractivity contribution in [2.45, 2.75) is 13.0 Å². The first-order chi connectivity index (χ1) is 12.3. The predicted octanol–water partition coefficient (Wildman–Crippen LogP) is 3.44. The first-order valence-electron chi connectivity index (χ1n) is 7.41. The molecule has 136 valence electrons. The Balaban J connectivity index is 2.07. The second-order valence-electron chi connectivity index (χ2n) is 5.19. The number of amides is 1. The van der Waals surface area contributed by atoms with E-state index in [0.29, 0.717) is 5.02 Å². The van der Waals surface area contributed by atoms with Crippen LogP contribution in [0.5, 0.6) is 5.75 Å². The number of carbonyl (C=O) groups is 2. The fourth-order valence-corrected chi connectivity index (χ4v) is 2.22. The zero-order valence-corrected chi connectivity index (χ0v) is 14.6. The van der Waals surface area contributed by atoms with Crippen LogP contribution < -0.4 is 10.1 Å². The Morgan fingerprint density at radius 3 is 2.58 bits per heavy atom. The van der Waals surface area contributed by atoms with Crippen molar-refractivity contribution in [2.75, 3.05) is 12.4 Å². The van der Waals surface area contributed by atoms with Gasteiger partial charge in [-0.05, 0) is 31.2 Å². The number of halogens is 1. The number of nitro groups is 1. The smallest absolute Gasteiger partial charge is 0.338 e. The van der Waals surface area contributed by atoms with Gasteiger partial charge in [-0.1, -0.05) is 17.7 Å². The highest BCUT2D eigenvalue weighted by Gasteiger charge is 2.21. The molecule has 0 fully saturated rings. The van der Waals surface area contributed by atoms with E-state index in [4.69, 9.17) is 21.1 Å². The standard InChI is InChI=1S/C17H15ClN2O6/c1-10(26-17(22)11-4-3-5-12(18)8-11)16(21)19-14-7-6-13(20(23)24)9-15(14)25-2/h3-10H,1-2H3,(H,19,21)/t10-/m0/s1. The van der Waals surface area contributed by atoms with Crippen LogP contribution in [0.15, 0.2) is 42.5 Å². The minimum atomic E-state index is -1.11. The Labute approximate surface area is 153 Å². The molecule has 1 amide bonds. The average molecular weight is 379 g/mol. The lowest BCUT2D eigenvalue weighted by Gasteiger charge is -2.15. The molecule has 0 aliphatic heterocycles. The number of rotatable bonds is 6. The number of esters is 1. The summed E-state index contributed by atoms with van der Waals surface area (Å²) in [6, 6.07) is 9.87. The van der Waals surface area contributed by atoms with Gasteiger partial charge in [0.05, 0.1) is 29.4 Å². The van der Waals surface area contributed by atoms with Crippen LogP contribution in [0.3, 0.4) is 0 Å². The lowest BCUT2D eigenvalue weighted by Crippen LogP contribution is -2.30. The average Bonchev–Trinajstić information content (AvgIpc) is 2.61. The molecule has 0 heterocycles. The second kappa shape index (κ2) is 8.30. The van der Waals surface area contributed by atoms with E-state index in [1.165, 1.54) is 44.4 Å². The highest BCUT2D eigenvalue weighted by Crippen LogP contribution is 2.29. The van der Waals surface area contributed by atoms with Gasteiger partial charge in [0, 0.05) is 11.1 Å². The molecule has 1 N–H and O–H groups in total. The molecule has 0 aromatic heterocycles. The van der Waals surface area contributed by atoms with Crippen molar-refractivity contribution in [3.05, 3.63) is 63.2 Å². The maximum absolute atomic E-state index is 12.2. The van der Waals surface area contributed by atoms with E-state index in [9.17, 15) is 19.7 Å². The maximum Gasteiger partial charge on any atom is 0.338 e. The summed E-state index contributed by atoms with van der Waals surface area (Å²) in [5, 5.41) is 13.7. The third-order valence-electron chi connectivity index (χ3n) is 3.37. The minimum absolute atomic E-state index is 0.112. The molecule has 0 saturated carbocycles. The van der Waals surface area contributed by atoms with Gasteiger partial charge in [0.1, 0.15) is 5.75 Å². The highest BCUT2D eigenvalue weighted by atomic mass is 35.5. The number of hydrogen-bond donors (Lipinski definition) is 1. The van der Waals surface area contributed by atoms with Crippen LogP contribution in [0.2, 0.25) is 5.02 Å². The summed E-state index contributed by atoms with van der Waals surface area (Å²) in [4.78, 5) is 34.5. The Hall–Kier alpha value is -3.13. The molecule has 0 bridgehead atoms. The molecule has 26 heavy (non-hydrogen) atoms. The Bertz CT molecular complexity index is 855. The fourth-order valence-electron chi connectivity index (χ4n) is 2.03. The van der Waals surface area contributed by atoms with E-state index < -0.39 is 22.9 Å². The SMILES string of the molecule is COc1cc([N+](=O)[O-])ccc1NC(=O)[C@H](C)OC(=O)c1cccc(Cl)c1. The van der Waals surface area contributed by atoms with Gasteiger partial charge in [-0.15, -0.1) is 0 Å². The van der Waals surface area contributed by atoms with Crippen molar-refractivity contribution in [2.24, 2.45) is 0 Å². The number of methoxy groups -OCH3 is 1. The molecular formula is C17H15ClN2O6. The minimum Gasteiger partial charge on any atom is -0.494 e. The largest absolute Gasteiger partial charge is 0.494 e. The molecule has 1 atom stereocenters. The Kier molecular flexibility index (Phi) is 6.13. The third kappa shape index (κ3) is 4.70. The van der Waals surface area contributed by atoms with Crippen LogP contribution in [0.4, 0.5) is 11.4 Å². The molecule has 0 unspecified atom stereocenters. The molecular weight excluding hydrogens is 364 g/mol. The van der Waals surface area contributed by atoms with Gasteiger partial charge in [0.25, 0.3) is 11.6 Å². The zero-order chi connectivity index (χ0) is 19.3. The number of nitrogens with zero attached hydrogens (tertiary/aromatic N) is 1. The monoisotopic (exact) mass is 378 g/mol. The van der Waals surface area contributed by atoms with Gasteiger partial charge in [-0.2, -0.15) is 0 Å². The number of carbonyl (C=O) groups excluding carboxylic acids is 2. The molecule has 0 saturated heterocycles. The van der Waals surface area contributed by atoms with Crippen molar-refractivity contribution >= 4 is 34.9 Å². The molecule has 0 spiro atoms. The van der Waals surface area contributed by atoms with E-state index >= 15 is 0 Å². The predicted molar refractivity (Wildman–Crippen MR) is 94.6 cm³/mol.